The third-order valence-electron chi connectivity index (χ3n) is 6.25. The number of aromatic hydroxyl groups is 1. The molecule has 0 spiro atoms. The summed E-state index contributed by atoms with van der Waals surface area (Å²) in [5, 5.41) is 12.1. The minimum Gasteiger partial charge on any atom is -0.494 e. The number of pyridine rings is 1. The Labute approximate surface area is 236 Å². The number of aromatic nitrogens is 1. The maximum atomic E-state index is 13.4. The predicted molar refractivity (Wildman–Crippen MR) is 158 cm³/mol. The van der Waals surface area contributed by atoms with Gasteiger partial charge in [0.1, 0.15) is 4.90 Å². The van der Waals surface area contributed by atoms with Crippen molar-refractivity contribution in [2.24, 2.45) is 4.99 Å². The van der Waals surface area contributed by atoms with E-state index in [2.05, 4.69) is 9.71 Å². The number of ether oxygens (including phenoxy) is 1. The van der Waals surface area contributed by atoms with Crippen LogP contribution in [0.25, 0.3) is 16.5 Å². The summed E-state index contributed by atoms with van der Waals surface area (Å²) in [5.41, 5.74) is 0.877. The van der Waals surface area contributed by atoms with E-state index in [-0.39, 0.29) is 22.8 Å². The molecule has 5 aromatic rings. The number of hydrogen-bond donors (Lipinski definition) is 2. The van der Waals surface area contributed by atoms with Gasteiger partial charge >= 0.3 is 5.97 Å². The number of para-hydroxylation sites is 2. The molecule has 0 atom stereocenters. The van der Waals surface area contributed by atoms with E-state index in [9.17, 15) is 23.1 Å². The fraction of sp³-hybridized carbons (Fsp3) is 0.0645. The Kier molecular flexibility index (Phi) is 7.66. The van der Waals surface area contributed by atoms with Crippen LogP contribution in [0.3, 0.4) is 0 Å². The molecule has 0 aliphatic rings. The molecule has 9 nitrogen and oxygen atoms in total. The molecule has 10 heteroatoms. The molecule has 0 fully saturated rings. The molecule has 5 rings (SSSR count). The van der Waals surface area contributed by atoms with E-state index in [1.165, 1.54) is 36.5 Å². The molecule has 206 valence electrons. The van der Waals surface area contributed by atoms with Crippen molar-refractivity contribution in [2.75, 3.05) is 11.3 Å². The van der Waals surface area contributed by atoms with Gasteiger partial charge in [0.25, 0.3) is 15.6 Å². The van der Waals surface area contributed by atoms with Gasteiger partial charge < -0.3 is 9.84 Å². The average molecular weight is 568 g/mol. The molecule has 0 unspecified atom stereocenters. The first-order valence-corrected chi connectivity index (χ1v) is 14.1. The molecule has 1 heterocycles. The Balaban J connectivity index is 1.60. The molecule has 0 aliphatic heterocycles. The van der Waals surface area contributed by atoms with Gasteiger partial charge in [-0.3, -0.25) is 14.5 Å². The number of anilines is 1. The molecule has 0 amide bonds. The quantitative estimate of drug-likeness (QED) is 0.190. The summed E-state index contributed by atoms with van der Waals surface area (Å²) in [7, 11) is -3.99. The van der Waals surface area contributed by atoms with Crippen LogP contribution in [0.2, 0.25) is 0 Å². The minimum absolute atomic E-state index is 0.0632. The van der Waals surface area contributed by atoms with Crippen LogP contribution in [0, 0.1) is 0 Å². The molecule has 0 saturated heterocycles. The highest BCUT2D eigenvalue weighted by Crippen LogP contribution is 2.29. The van der Waals surface area contributed by atoms with Gasteiger partial charge in [-0.2, -0.15) is 0 Å². The van der Waals surface area contributed by atoms with Gasteiger partial charge in [-0.05, 0) is 61.5 Å². The number of benzene rings is 4. The van der Waals surface area contributed by atoms with Crippen LogP contribution >= 0.6 is 0 Å². The van der Waals surface area contributed by atoms with Gasteiger partial charge in [-0.25, -0.2) is 17.8 Å². The number of aliphatic imine (C=N–C) groups is 1. The van der Waals surface area contributed by atoms with E-state index >= 15 is 0 Å². The standard InChI is InChI=1S/C31H25N3O6S/c1-2-40-31(37)21-16-18-23(19-17-21)34-29(35)25-13-7-6-12-24(25)26(30(34)36)20-32-27-14-8-9-15-28(27)41(38,39)33-22-10-4-3-5-11-22/h3-20,33,36H,2H2,1H3. The molecular weight excluding hydrogens is 542 g/mol. The normalized spacial score (nSPS) is 11.5. The Hall–Kier alpha value is -5.22. The van der Waals surface area contributed by atoms with Gasteiger partial charge in [0.15, 0.2) is 0 Å². The summed E-state index contributed by atoms with van der Waals surface area (Å²) in [6.07, 6.45) is 1.33. The number of rotatable bonds is 8. The second-order valence-electron chi connectivity index (χ2n) is 8.89. The van der Waals surface area contributed by atoms with Crippen LogP contribution in [-0.4, -0.2) is 36.9 Å². The van der Waals surface area contributed by atoms with Crippen LogP contribution in [-0.2, 0) is 14.8 Å². The molecule has 4 aromatic carbocycles. The maximum absolute atomic E-state index is 13.4. The first-order valence-electron chi connectivity index (χ1n) is 12.7. The number of fused-ring (bicyclic) bond motifs is 1. The van der Waals surface area contributed by atoms with Crippen LogP contribution in [0.5, 0.6) is 5.88 Å². The summed E-state index contributed by atoms with van der Waals surface area (Å²) < 4.78 is 35.1. The SMILES string of the molecule is CCOC(=O)c1ccc(-n2c(O)c(C=Nc3ccccc3S(=O)(=O)Nc3ccccc3)c3ccccc3c2=O)cc1. The molecule has 0 radical (unpaired) electrons. The topological polar surface area (TPSA) is 127 Å². The zero-order chi connectivity index (χ0) is 29.0. The number of carbonyl (C=O) groups is 1. The summed E-state index contributed by atoms with van der Waals surface area (Å²) in [4.78, 5) is 29.9. The van der Waals surface area contributed by atoms with Crippen molar-refractivity contribution in [1.82, 2.24) is 4.57 Å². The van der Waals surface area contributed by atoms with Gasteiger partial charge in [0, 0.05) is 22.7 Å². The lowest BCUT2D eigenvalue weighted by Gasteiger charge is -2.14. The van der Waals surface area contributed by atoms with Crippen molar-refractivity contribution in [2.45, 2.75) is 11.8 Å². The van der Waals surface area contributed by atoms with E-state index in [1.54, 1.807) is 79.7 Å². The van der Waals surface area contributed by atoms with Gasteiger partial charge in [-0.1, -0.05) is 48.5 Å². The summed E-state index contributed by atoms with van der Waals surface area (Å²) >= 11 is 0. The lowest BCUT2D eigenvalue weighted by Crippen LogP contribution is -2.20. The fourth-order valence-corrected chi connectivity index (χ4v) is 5.54. The smallest absolute Gasteiger partial charge is 0.338 e. The van der Waals surface area contributed by atoms with Crippen LogP contribution in [0.15, 0.2) is 118 Å². The van der Waals surface area contributed by atoms with Gasteiger partial charge in [0.05, 0.1) is 29.1 Å². The van der Waals surface area contributed by atoms with Crippen molar-refractivity contribution in [3.63, 3.8) is 0 Å². The number of sulfonamides is 1. The highest BCUT2D eigenvalue weighted by atomic mass is 32.2. The summed E-state index contributed by atoms with van der Waals surface area (Å²) in [5.74, 6) is -0.901. The minimum atomic E-state index is -3.99. The van der Waals surface area contributed by atoms with Gasteiger partial charge in [0.2, 0.25) is 5.88 Å². The predicted octanol–water partition coefficient (Wildman–Crippen LogP) is 5.42. The molecule has 41 heavy (non-hydrogen) atoms. The van der Waals surface area contributed by atoms with E-state index in [0.29, 0.717) is 27.7 Å². The molecule has 0 aliphatic carbocycles. The zero-order valence-electron chi connectivity index (χ0n) is 21.9. The number of esters is 1. The molecule has 0 bridgehead atoms. The lowest BCUT2D eigenvalue weighted by molar-refractivity contribution is 0.0526. The Morgan fingerprint density at radius 2 is 1.54 bits per heavy atom. The maximum Gasteiger partial charge on any atom is 0.338 e. The largest absolute Gasteiger partial charge is 0.494 e. The van der Waals surface area contributed by atoms with Crippen molar-refractivity contribution < 1.29 is 23.1 Å². The molecule has 0 saturated carbocycles. The summed E-state index contributed by atoms with van der Waals surface area (Å²) in [6.45, 7) is 1.93. The average Bonchev–Trinajstić information content (AvgIpc) is 2.98. The van der Waals surface area contributed by atoms with Crippen LogP contribution < -0.4 is 10.3 Å². The second-order valence-corrected chi connectivity index (χ2v) is 10.5. The van der Waals surface area contributed by atoms with Crippen LogP contribution in [0.4, 0.5) is 11.4 Å². The monoisotopic (exact) mass is 567 g/mol. The highest BCUT2D eigenvalue weighted by molar-refractivity contribution is 7.92. The van der Waals surface area contributed by atoms with E-state index in [0.717, 1.165) is 4.57 Å². The first-order chi connectivity index (χ1) is 19.8. The number of nitrogens with one attached hydrogen (secondary N) is 1. The van der Waals surface area contributed by atoms with Gasteiger partial charge in [-0.15, -0.1) is 0 Å². The third-order valence-corrected chi connectivity index (χ3v) is 7.68. The highest BCUT2D eigenvalue weighted by Gasteiger charge is 2.20. The number of hydrogen-bond acceptors (Lipinski definition) is 7. The van der Waals surface area contributed by atoms with Crippen LogP contribution in [0.1, 0.15) is 22.8 Å². The van der Waals surface area contributed by atoms with Crippen molar-refractivity contribution in [3.05, 3.63) is 125 Å². The fourth-order valence-electron chi connectivity index (χ4n) is 4.33. The lowest BCUT2D eigenvalue weighted by atomic mass is 10.1. The summed E-state index contributed by atoms with van der Waals surface area (Å²) in [6, 6.07) is 27.5. The van der Waals surface area contributed by atoms with E-state index in [4.69, 9.17) is 4.74 Å². The van der Waals surface area contributed by atoms with Crippen molar-refractivity contribution in [3.8, 4) is 11.6 Å². The second kappa shape index (κ2) is 11.5. The Bertz CT molecular complexity index is 1930. The third kappa shape index (κ3) is 5.59. The number of carbonyl (C=O) groups excluding carboxylic acids is 1. The van der Waals surface area contributed by atoms with E-state index in [1.807, 2.05) is 0 Å². The Morgan fingerprint density at radius 1 is 0.902 bits per heavy atom. The molecule has 2 N–H and O–H groups in total. The first kappa shape index (κ1) is 27.4. The number of nitrogens with zero attached hydrogens (tertiary/aromatic N) is 2. The van der Waals surface area contributed by atoms with Crippen molar-refractivity contribution in [1.29, 1.82) is 0 Å². The zero-order valence-corrected chi connectivity index (χ0v) is 22.7. The molecular formula is C31H25N3O6S. The Morgan fingerprint density at radius 3 is 2.24 bits per heavy atom. The molecule has 1 aromatic heterocycles. The van der Waals surface area contributed by atoms with E-state index < -0.39 is 27.4 Å². The van der Waals surface area contributed by atoms with Crippen molar-refractivity contribution >= 4 is 44.4 Å².